The molecule has 0 aliphatic rings. The van der Waals surface area contributed by atoms with E-state index in [-0.39, 0.29) is 12.3 Å². The summed E-state index contributed by atoms with van der Waals surface area (Å²) in [6, 6.07) is 16.6. The second-order valence-corrected chi connectivity index (χ2v) is 9.74. The minimum absolute atomic E-state index is 0.0884. The highest BCUT2D eigenvalue weighted by Crippen LogP contribution is 2.27. The highest BCUT2D eigenvalue weighted by molar-refractivity contribution is 7.88. The predicted molar refractivity (Wildman–Crippen MR) is 117 cm³/mol. The number of nitrogens with zero attached hydrogens (tertiary/aromatic N) is 3. The van der Waals surface area contributed by atoms with Crippen molar-refractivity contribution in [1.29, 1.82) is 0 Å². The van der Waals surface area contributed by atoms with Gasteiger partial charge in [0.05, 0.1) is 23.7 Å². The second-order valence-electron chi connectivity index (χ2n) is 6.49. The van der Waals surface area contributed by atoms with E-state index in [1.807, 2.05) is 37.3 Å². The van der Waals surface area contributed by atoms with Gasteiger partial charge >= 0.3 is 0 Å². The summed E-state index contributed by atoms with van der Waals surface area (Å²) < 4.78 is 29.8. The molecule has 0 saturated heterocycles. The van der Waals surface area contributed by atoms with Crippen LogP contribution in [0.2, 0.25) is 5.02 Å². The Hall–Kier alpha value is -2.26. The monoisotopic (exact) mass is 446 g/mol. The number of nitrogens with one attached hydrogen (secondary N) is 1. The molecule has 150 valence electrons. The molecule has 0 bridgehead atoms. The van der Waals surface area contributed by atoms with Gasteiger partial charge < -0.3 is 0 Å². The third-order valence-corrected chi connectivity index (χ3v) is 7.15. The molecule has 29 heavy (non-hydrogen) atoms. The number of halogens is 1. The Bertz CT molecular complexity index is 1250. The van der Waals surface area contributed by atoms with Gasteiger partial charge in [0.25, 0.3) is 0 Å². The lowest BCUT2D eigenvalue weighted by molar-refractivity contribution is 0.579. The summed E-state index contributed by atoms with van der Waals surface area (Å²) in [7, 11) is -3.60. The van der Waals surface area contributed by atoms with Crippen molar-refractivity contribution in [3.05, 3.63) is 75.9 Å². The topological polar surface area (TPSA) is 76.4 Å². The quantitative estimate of drug-likeness (QED) is 0.459. The Kier molecular flexibility index (Phi) is 5.69. The molecule has 0 saturated carbocycles. The van der Waals surface area contributed by atoms with Crippen LogP contribution in [0.15, 0.2) is 54.6 Å². The van der Waals surface area contributed by atoms with Crippen LogP contribution in [0.4, 0.5) is 0 Å². The first kappa shape index (κ1) is 20.0. The van der Waals surface area contributed by atoms with Gasteiger partial charge in [-0.2, -0.15) is 5.10 Å². The fraction of sp³-hybridized carbons (Fsp3) is 0.200. The van der Waals surface area contributed by atoms with Crippen LogP contribution in [0.25, 0.3) is 16.2 Å². The van der Waals surface area contributed by atoms with E-state index in [2.05, 4.69) is 9.82 Å². The van der Waals surface area contributed by atoms with Crippen LogP contribution in [-0.4, -0.2) is 23.0 Å². The van der Waals surface area contributed by atoms with Crippen molar-refractivity contribution in [2.24, 2.45) is 0 Å². The molecule has 1 N–H and O–H groups in total. The van der Waals surface area contributed by atoms with Gasteiger partial charge in [0.2, 0.25) is 15.0 Å². The number of hydrogen-bond acceptors (Lipinski definition) is 5. The first-order chi connectivity index (χ1) is 14.0. The molecule has 0 fully saturated rings. The minimum atomic E-state index is -3.60. The Labute approximate surface area is 178 Å². The molecule has 0 amide bonds. The summed E-state index contributed by atoms with van der Waals surface area (Å²) in [6.45, 7) is 2.12. The summed E-state index contributed by atoms with van der Waals surface area (Å²) in [5, 5.41) is 5.98. The van der Waals surface area contributed by atoms with Crippen LogP contribution < -0.4 is 4.72 Å². The van der Waals surface area contributed by atoms with E-state index in [1.165, 1.54) is 11.3 Å². The first-order valence-electron chi connectivity index (χ1n) is 9.10. The molecule has 0 spiro atoms. The Morgan fingerprint density at radius 1 is 1.10 bits per heavy atom. The summed E-state index contributed by atoms with van der Waals surface area (Å²) in [5.41, 5.74) is 2.92. The van der Waals surface area contributed by atoms with Gasteiger partial charge in [0.15, 0.2) is 0 Å². The standard InChI is InChI=1S/C20H19ClN4O2S2/c1-2-18-24-25-17(19(23-20(25)28-18)14-8-4-3-5-9-14)12-22-29(26,27)13-15-10-6-7-11-16(15)21/h3-11,22H,2,12-13H2,1H3. The van der Waals surface area contributed by atoms with Crippen molar-refractivity contribution in [1.82, 2.24) is 19.3 Å². The molecule has 6 nitrogen and oxygen atoms in total. The molecule has 4 rings (SSSR count). The van der Waals surface area contributed by atoms with E-state index in [0.29, 0.717) is 16.3 Å². The van der Waals surface area contributed by atoms with Crippen molar-refractivity contribution in [3.63, 3.8) is 0 Å². The Morgan fingerprint density at radius 2 is 1.83 bits per heavy atom. The van der Waals surface area contributed by atoms with Crippen molar-refractivity contribution in [3.8, 4) is 11.3 Å². The summed E-state index contributed by atoms with van der Waals surface area (Å²) in [5.74, 6) is -0.188. The fourth-order valence-corrected chi connectivity index (χ4v) is 5.26. The van der Waals surface area contributed by atoms with E-state index < -0.39 is 10.0 Å². The van der Waals surface area contributed by atoms with Crippen LogP contribution in [0.1, 0.15) is 23.2 Å². The highest BCUT2D eigenvalue weighted by atomic mass is 35.5. The number of rotatable bonds is 7. The van der Waals surface area contributed by atoms with Crippen LogP contribution in [0, 0.1) is 0 Å². The van der Waals surface area contributed by atoms with E-state index in [0.717, 1.165) is 27.6 Å². The zero-order valence-electron chi connectivity index (χ0n) is 15.7. The molecule has 2 heterocycles. The van der Waals surface area contributed by atoms with Crippen LogP contribution >= 0.6 is 22.9 Å². The molecule has 4 aromatic rings. The third-order valence-electron chi connectivity index (χ3n) is 4.45. The van der Waals surface area contributed by atoms with E-state index in [9.17, 15) is 8.42 Å². The van der Waals surface area contributed by atoms with Gasteiger partial charge in [-0.05, 0) is 18.1 Å². The van der Waals surface area contributed by atoms with E-state index in [4.69, 9.17) is 16.6 Å². The molecule has 2 aromatic heterocycles. The van der Waals surface area contributed by atoms with Gasteiger partial charge in [-0.3, -0.25) is 0 Å². The Morgan fingerprint density at radius 3 is 2.55 bits per heavy atom. The highest BCUT2D eigenvalue weighted by Gasteiger charge is 2.20. The van der Waals surface area contributed by atoms with Gasteiger partial charge in [-0.15, -0.1) is 0 Å². The third kappa shape index (κ3) is 4.35. The fourth-order valence-electron chi connectivity index (χ4n) is 3.01. The molecular formula is C20H19ClN4O2S2. The second kappa shape index (κ2) is 8.23. The van der Waals surface area contributed by atoms with Crippen molar-refractivity contribution in [2.45, 2.75) is 25.6 Å². The van der Waals surface area contributed by atoms with Crippen molar-refractivity contribution < 1.29 is 8.42 Å². The van der Waals surface area contributed by atoms with Gasteiger partial charge in [0.1, 0.15) is 5.01 Å². The molecular weight excluding hydrogens is 428 g/mol. The molecule has 0 aliphatic carbocycles. The van der Waals surface area contributed by atoms with Crippen molar-refractivity contribution >= 4 is 37.9 Å². The summed E-state index contributed by atoms with van der Waals surface area (Å²) >= 11 is 7.63. The lowest BCUT2D eigenvalue weighted by Crippen LogP contribution is -2.25. The SMILES string of the molecule is CCc1nn2c(CNS(=O)(=O)Cc3ccccc3Cl)c(-c3ccccc3)nc2s1. The van der Waals surface area contributed by atoms with Crippen LogP contribution in [-0.2, 0) is 28.7 Å². The minimum Gasteiger partial charge on any atom is -0.217 e. The molecule has 0 radical (unpaired) electrons. The number of benzene rings is 2. The predicted octanol–water partition coefficient (Wildman–Crippen LogP) is 4.29. The zero-order valence-corrected chi connectivity index (χ0v) is 18.1. The Balaban J connectivity index is 1.66. The van der Waals surface area contributed by atoms with Crippen LogP contribution in [0.5, 0.6) is 0 Å². The average molecular weight is 447 g/mol. The first-order valence-corrected chi connectivity index (χ1v) is 11.9. The number of imidazole rings is 1. The van der Waals surface area contributed by atoms with Gasteiger partial charge in [0, 0.05) is 10.6 Å². The molecule has 0 aliphatic heterocycles. The van der Waals surface area contributed by atoms with Crippen molar-refractivity contribution in [2.75, 3.05) is 0 Å². The maximum atomic E-state index is 12.7. The van der Waals surface area contributed by atoms with Crippen LogP contribution in [0.3, 0.4) is 0 Å². The lowest BCUT2D eigenvalue weighted by Gasteiger charge is -2.09. The number of aryl methyl sites for hydroxylation is 1. The largest absolute Gasteiger partial charge is 0.217 e. The van der Waals surface area contributed by atoms with E-state index in [1.54, 1.807) is 28.8 Å². The lowest BCUT2D eigenvalue weighted by atomic mass is 10.1. The number of sulfonamides is 1. The van der Waals surface area contributed by atoms with Gasteiger partial charge in [-0.25, -0.2) is 22.6 Å². The molecule has 0 unspecified atom stereocenters. The van der Waals surface area contributed by atoms with Gasteiger partial charge in [-0.1, -0.05) is 78.4 Å². The summed E-state index contributed by atoms with van der Waals surface area (Å²) in [6.07, 6.45) is 0.798. The average Bonchev–Trinajstić information content (AvgIpc) is 3.26. The maximum Gasteiger partial charge on any atom is 0.216 e. The molecule has 9 heteroatoms. The summed E-state index contributed by atoms with van der Waals surface area (Å²) in [4.78, 5) is 5.46. The normalized spacial score (nSPS) is 11.9. The number of hydrogen-bond donors (Lipinski definition) is 1. The smallest absolute Gasteiger partial charge is 0.216 e. The maximum absolute atomic E-state index is 12.7. The number of fused-ring (bicyclic) bond motifs is 1. The molecule has 2 aromatic carbocycles. The number of aromatic nitrogens is 3. The van der Waals surface area contributed by atoms with E-state index >= 15 is 0 Å². The zero-order chi connectivity index (χ0) is 20.4. The molecule has 0 atom stereocenters.